The van der Waals surface area contributed by atoms with Gasteiger partial charge in [-0.1, -0.05) is 37.8 Å². The molecule has 44 heavy (non-hydrogen) atoms. The average Bonchev–Trinajstić information content (AvgIpc) is 3.47. The highest BCUT2D eigenvalue weighted by molar-refractivity contribution is 6.25. The largest absolute Gasteiger partial charge is 0.508 e. The van der Waals surface area contributed by atoms with Gasteiger partial charge >= 0.3 is 0 Å². The van der Waals surface area contributed by atoms with Crippen molar-refractivity contribution in [3.05, 3.63) is 51.8 Å². The number of anilines is 1. The van der Waals surface area contributed by atoms with Gasteiger partial charge in [-0.05, 0) is 75.7 Å². The third kappa shape index (κ3) is 4.30. The van der Waals surface area contributed by atoms with Crippen LogP contribution < -0.4 is 4.90 Å². The molecule has 4 atom stereocenters. The minimum Gasteiger partial charge on any atom is -0.508 e. The Morgan fingerprint density at radius 2 is 1.70 bits per heavy atom. The summed E-state index contributed by atoms with van der Waals surface area (Å²) in [5.41, 5.74) is -0.554. The predicted molar refractivity (Wildman–Crippen MR) is 168 cm³/mol. The molecule has 0 spiro atoms. The number of hydrogen-bond donors (Lipinski definition) is 4. The lowest BCUT2D eigenvalue weighted by Gasteiger charge is -2.50. The van der Waals surface area contributed by atoms with Crippen LogP contribution in [0.5, 0.6) is 5.75 Å². The van der Waals surface area contributed by atoms with Gasteiger partial charge in [-0.15, -0.1) is 0 Å². The third-order valence-corrected chi connectivity index (χ3v) is 10.6. The number of likely N-dealkylation sites (N-methyl/N-ethyl adjacent to an activating group) is 1. The first-order valence-corrected chi connectivity index (χ1v) is 15.6. The van der Waals surface area contributed by atoms with Gasteiger partial charge in [0.2, 0.25) is 5.78 Å². The van der Waals surface area contributed by atoms with E-state index in [1.807, 2.05) is 31.1 Å². The van der Waals surface area contributed by atoms with Gasteiger partial charge in [-0.2, -0.15) is 0 Å². The molecule has 0 heterocycles. The van der Waals surface area contributed by atoms with Gasteiger partial charge in [0, 0.05) is 42.0 Å². The zero-order chi connectivity index (χ0) is 31.8. The van der Waals surface area contributed by atoms with Crippen LogP contribution in [0.15, 0.2) is 35.1 Å². The van der Waals surface area contributed by atoms with Crippen molar-refractivity contribution in [2.24, 2.45) is 17.8 Å². The maximum absolute atomic E-state index is 14.3. The summed E-state index contributed by atoms with van der Waals surface area (Å²) in [4.78, 5) is 43.6. The fraction of sp³-hybridized carbons (Fsp3) is 0.514. The van der Waals surface area contributed by atoms with Gasteiger partial charge in [-0.3, -0.25) is 19.3 Å². The van der Waals surface area contributed by atoms with Crippen LogP contribution in [0.3, 0.4) is 0 Å². The molecule has 234 valence electrons. The van der Waals surface area contributed by atoms with Crippen molar-refractivity contribution in [2.45, 2.75) is 69.9 Å². The Bertz CT molecular complexity index is 1660. The van der Waals surface area contributed by atoms with Crippen molar-refractivity contribution in [3.63, 3.8) is 0 Å². The number of phenolic OH excluding ortho intramolecular Hbond substituents is 1. The van der Waals surface area contributed by atoms with E-state index in [0.717, 1.165) is 36.4 Å². The molecule has 2 fully saturated rings. The topological polar surface area (TPSA) is 139 Å². The monoisotopic (exact) mass is 602 g/mol. The highest BCUT2D eigenvalue weighted by atomic mass is 16.3. The van der Waals surface area contributed by atoms with Gasteiger partial charge in [0.1, 0.15) is 22.8 Å². The van der Waals surface area contributed by atoms with Crippen LogP contribution in [0.4, 0.5) is 5.69 Å². The van der Waals surface area contributed by atoms with Crippen LogP contribution in [0.1, 0.15) is 62.1 Å². The van der Waals surface area contributed by atoms with E-state index in [0.29, 0.717) is 16.9 Å². The molecule has 4 aliphatic carbocycles. The SMILES string of the molecule is CC(=O)C1=C(O)[C@@]2(O)C(=O)C3=C(O)c4c(c(N(C)C)c5ccc(CCC6CCCC6)cc5c4O)C[C@H]3C[C@H]2[C@H](N(C)C)C1=O. The number of phenols is 1. The molecule has 6 rings (SSSR count). The van der Waals surface area contributed by atoms with Crippen molar-refractivity contribution >= 4 is 39.6 Å². The molecule has 0 amide bonds. The van der Waals surface area contributed by atoms with Crippen LogP contribution in [-0.2, 0) is 27.2 Å². The maximum Gasteiger partial charge on any atom is 0.202 e. The second kappa shape index (κ2) is 10.7. The number of hydrogen-bond acceptors (Lipinski definition) is 9. The number of fused-ring (bicyclic) bond motifs is 4. The minimum absolute atomic E-state index is 0.0939. The molecule has 2 aromatic rings. The van der Waals surface area contributed by atoms with Gasteiger partial charge in [0.15, 0.2) is 17.2 Å². The molecule has 9 heteroatoms. The normalized spacial score (nSPS) is 27.2. The number of rotatable bonds is 6. The van der Waals surface area contributed by atoms with Crippen molar-refractivity contribution in [1.29, 1.82) is 0 Å². The molecule has 0 unspecified atom stereocenters. The number of ketones is 3. The van der Waals surface area contributed by atoms with Crippen LogP contribution in [-0.4, -0.2) is 82.5 Å². The van der Waals surface area contributed by atoms with Crippen molar-refractivity contribution in [1.82, 2.24) is 4.90 Å². The molecule has 0 aliphatic heterocycles. The first-order valence-electron chi connectivity index (χ1n) is 15.6. The van der Waals surface area contributed by atoms with Crippen LogP contribution >= 0.6 is 0 Å². The average molecular weight is 603 g/mol. The molecular weight excluding hydrogens is 560 g/mol. The summed E-state index contributed by atoms with van der Waals surface area (Å²) in [6.07, 6.45) is 7.39. The predicted octanol–water partition coefficient (Wildman–Crippen LogP) is 4.41. The Kier molecular flexibility index (Phi) is 7.40. The highest BCUT2D eigenvalue weighted by Gasteiger charge is 2.64. The first-order chi connectivity index (χ1) is 20.8. The summed E-state index contributed by atoms with van der Waals surface area (Å²) >= 11 is 0. The van der Waals surface area contributed by atoms with E-state index in [-0.39, 0.29) is 29.7 Å². The van der Waals surface area contributed by atoms with E-state index in [2.05, 4.69) is 6.07 Å². The Labute approximate surface area is 257 Å². The van der Waals surface area contributed by atoms with Gasteiger partial charge in [-0.25, -0.2) is 0 Å². The lowest BCUT2D eigenvalue weighted by molar-refractivity contribution is -0.153. The van der Waals surface area contributed by atoms with Crippen LogP contribution in [0, 0.1) is 17.8 Å². The number of carbonyl (C=O) groups excluding carboxylic acids is 3. The maximum atomic E-state index is 14.3. The summed E-state index contributed by atoms with van der Waals surface area (Å²) in [5.74, 6) is -4.82. The lowest BCUT2D eigenvalue weighted by atomic mass is 9.57. The zero-order valence-corrected chi connectivity index (χ0v) is 26.1. The molecule has 4 aliphatic rings. The van der Waals surface area contributed by atoms with E-state index < -0.39 is 57.9 Å². The molecule has 0 bridgehead atoms. The van der Waals surface area contributed by atoms with E-state index in [9.17, 15) is 34.8 Å². The fourth-order valence-electron chi connectivity index (χ4n) is 8.58. The first kappa shape index (κ1) is 30.3. The van der Waals surface area contributed by atoms with Crippen molar-refractivity contribution < 1.29 is 34.8 Å². The van der Waals surface area contributed by atoms with Crippen molar-refractivity contribution in [3.8, 4) is 5.75 Å². The van der Waals surface area contributed by atoms with E-state index >= 15 is 0 Å². The fourth-order valence-corrected chi connectivity index (χ4v) is 8.58. The number of aliphatic hydroxyl groups excluding tert-OH is 2. The quantitative estimate of drug-likeness (QED) is 0.354. The number of carbonyl (C=O) groups is 3. The van der Waals surface area contributed by atoms with Crippen LogP contribution in [0.2, 0.25) is 0 Å². The molecule has 9 nitrogen and oxygen atoms in total. The standard InChI is InChI=1S/C35H42N2O7/c1-17(38)25-32(41)29(37(4)5)24-16-20-15-23-27(31(40)26(20)34(43)35(24,44)33(25)42)30(39)22-14-19(11-10-18-8-6-7-9-18)12-13-21(22)28(23)36(2)3/h12-14,18,20,24,29,39-40,42,44H,6-11,15-16H2,1-5H3/t20-,24-,29-,35+/m0/s1. The molecule has 2 saturated carbocycles. The summed E-state index contributed by atoms with van der Waals surface area (Å²) in [6, 6.07) is 5.04. The Morgan fingerprint density at radius 1 is 1.02 bits per heavy atom. The molecule has 0 saturated heterocycles. The summed E-state index contributed by atoms with van der Waals surface area (Å²) in [7, 11) is 7.05. The second-order valence-corrected chi connectivity index (χ2v) is 13.7. The number of aryl methyl sites for hydroxylation is 1. The van der Waals surface area contributed by atoms with Gasteiger partial charge in [0.05, 0.1) is 11.6 Å². The lowest BCUT2D eigenvalue weighted by Crippen LogP contribution is -2.65. The van der Waals surface area contributed by atoms with Gasteiger partial charge in [0.25, 0.3) is 0 Å². The smallest absolute Gasteiger partial charge is 0.202 e. The summed E-state index contributed by atoms with van der Waals surface area (Å²) in [6.45, 7) is 1.11. The minimum atomic E-state index is -2.58. The number of aromatic hydroxyl groups is 1. The molecular formula is C35H42N2O7. The number of nitrogens with zero attached hydrogens (tertiary/aromatic N) is 2. The number of aliphatic hydroxyl groups is 3. The molecule has 0 radical (unpaired) electrons. The van der Waals surface area contributed by atoms with Gasteiger partial charge < -0.3 is 25.3 Å². The van der Waals surface area contributed by atoms with E-state index in [1.54, 1.807) is 19.0 Å². The van der Waals surface area contributed by atoms with E-state index in [1.165, 1.54) is 25.7 Å². The summed E-state index contributed by atoms with van der Waals surface area (Å²) in [5, 5.41) is 48.1. The molecule has 4 N–H and O–H groups in total. The Morgan fingerprint density at radius 3 is 2.32 bits per heavy atom. The Hall–Kier alpha value is -3.69. The number of benzene rings is 2. The zero-order valence-electron chi connectivity index (χ0n) is 26.1. The Balaban J connectivity index is 1.52. The summed E-state index contributed by atoms with van der Waals surface area (Å²) < 4.78 is 0. The molecule has 2 aromatic carbocycles. The highest BCUT2D eigenvalue weighted by Crippen LogP contribution is 2.55. The number of Topliss-reactive ketones (excluding diaryl/α,β-unsaturated/α-hetero) is 3. The van der Waals surface area contributed by atoms with Crippen LogP contribution in [0.25, 0.3) is 16.5 Å². The van der Waals surface area contributed by atoms with Crippen molar-refractivity contribution in [2.75, 3.05) is 33.1 Å². The van der Waals surface area contributed by atoms with E-state index in [4.69, 9.17) is 0 Å². The second-order valence-electron chi connectivity index (χ2n) is 13.7. The molecule has 0 aromatic heterocycles. The third-order valence-electron chi connectivity index (χ3n) is 10.6.